The molecule has 0 saturated carbocycles. The largest absolute Gasteiger partial charge is 0.493 e. The number of nitrogens with zero attached hydrogens (tertiary/aromatic N) is 2. The van der Waals surface area contributed by atoms with Gasteiger partial charge in [-0.1, -0.05) is 18.2 Å². The Kier molecular flexibility index (Phi) is 4.55. The minimum atomic E-state index is 0.0346. The summed E-state index contributed by atoms with van der Waals surface area (Å²) in [5, 5.41) is 0. The van der Waals surface area contributed by atoms with Gasteiger partial charge >= 0.3 is 0 Å². The van der Waals surface area contributed by atoms with Crippen LogP contribution in [-0.2, 0) is 11.3 Å². The molecule has 0 aliphatic carbocycles. The number of hydrogen-bond donors (Lipinski definition) is 1. The molecule has 0 radical (unpaired) electrons. The highest BCUT2D eigenvalue weighted by Crippen LogP contribution is 2.08. The maximum Gasteiger partial charge on any atom is 0.226 e. The lowest BCUT2D eigenvalue weighted by Gasteiger charge is -2.15. The highest BCUT2D eigenvalue weighted by molar-refractivity contribution is 5.75. The molecule has 1 heterocycles. The molecule has 0 aliphatic heterocycles. The van der Waals surface area contributed by atoms with Crippen molar-refractivity contribution in [3.63, 3.8) is 0 Å². The van der Waals surface area contributed by atoms with Gasteiger partial charge < -0.3 is 14.6 Å². The summed E-state index contributed by atoms with van der Waals surface area (Å²) in [6, 6.07) is 9.48. The Balaban J connectivity index is 1.72. The van der Waals surface area contributed by atoms with E-state index in [9.17, 15) is 4.79 Å². The van der Waals surface area contributed by atoms with Crippen molar-refractivity contribution in [1.29, 1.82) is 0 Å². The summed E-state index contributed by atoms with van der Waals surface area (Å²) in [5.74, 6) is 1.59. The van der Waals surface area contributed by atoms with Crippen molar-refractivity contribution < 1.29 is 9.53 Å². The van der Waals surface area contributed by atoms with Gasteiger partial charge in [0.1, 0.15) is 11.6 Å². The van der Waals surface area contributed by atoms with Crippen molar-refractivity contribution in [1.82, 2.24) is 14.9 Å². The molecule has 0 unspecified atom stereocenters. The molecule has 100 valence electrons. The zero-order valence-corrected chi connectivity index (χ0v) is 10.9. The van der Waals surface area contributed by atoms with Crippen molar-refractivity contribution in [2.75, 3.05) is 13.7 Å². The Labute approximate surface area is 112 Å². The molecule has 0 saturated heterocycles. The van der Waals surface area contributed by atoms with Crippen molar-refractivity contribution in [2.45, 2.75) is 13.0 Å². The molecular formula is C14H17N3O2. The van der Waals surface area contributed by atoms with Crippen molar-refractivity contribution >= 4 is 5.91 Å². The van der Waals surface area contributed by atoms with Gasteiger partial charge in [-0.15, -0.1) is 0 Å². The predicted octanol–water partition coefficient (Wildman–Crippen LogP) is 1.84. The van der Waals surface area contributed by atoms with Gasteiger partial charge in [0, 0.05) is 19.4 Å². The summed E-state index contributed by atoms with van der Waals surface area (Å²) in [4.78, 5) is 20.6. The van der Waals surface area contributed by atoms with Gasteiger partial charge in [0.15, 0.2) is 0 Å². The first-order valence-electron chi connectivity index (χ1n) is 6.16. The topological polar surface area (TPSA) is 58.2 Å². The molecule has 0 fully saturated rings. The van der Waals surface area contributed by atoms with Crippen molar-refractivity contribution in [3.8, 4) is 5.75 Å². The van der Waals surface area contributed by atoms with Gasteiger partial charge in [-0.2, -0.15) is 0 Å². The molecule has 0 atom stereocenters. The Bertz CT molecular complexity index is 497. The van der Waals surface area contributed by atoms with Gasteiger partial charge in [-0.25, -0.2) is 4.98 Å². The summed E-state index contributed by atoms with van der Waals surface area (Å²) < 4.78 is 5.49. The zero-order valence-electron chi connectivity index (χ0n) is 10.9. The second-order valence-electron chi connectivity index (χ2n) is 4.20. The van der Waals surface area contributed by atoms with Gasteiger partial charge in [0.25, 0.3) is 0 Å². The molecule has 19 heavy (non-hydrogen) atoms. The first-order valence-corrected chi connectivity index (χ1v) is 6.16. The SMILES string of the molecule is CN(Cc1ncc[nH]1)C(=O)CCOc1ccccc1. The van der Waals surface area contributed by atoms with Gasteiger partial charge in [0.05, 0.1) is 19.6 Å². The van der Waals surface area contributed by atoms with Crippen LogP contribution in [0.2, 0.25) is 0 Å². The van der Waals surface area contributed by atoms with E-state index in [1.807, 2.05) is 30.3 Å². The normalized spacial score (nSPS) is 10.2. The fourth-order valence-corrected chi connectivity index (χ4v) is 1.66. The average molecular weight is 259 g/mol. The van der Waals surface area contributed by atoms with Crippen LogP contribution in [0.5, 0.6) is 5.75 Å². The smallest absolute Gasteiger partial charge is 0.226 e. The monoisotopic (exact) mass is 259 g/mol. The number of carbonyl (C=O) groups is 1. The summed E-state index contributed by atoms with van der Waals surface area (Å²) in [5.41, 5.74) is 0. The summed E-state index contributed by atoms with van der Waals surface area (Å²) in [7, 11) is 1.76. The third kappa shape index (κ3) is 4.13. The van der Waals surface area contributed by atoms with Crippen LogP contribution in [0, 0.1) is 0 Å². The highest BCUT2D eigenvalue weighted by atomic mass is 16.5. The standard InChI is InChI=1S/C14H17N3O2/c1-17(11-13-15-8-9-16-13)14(18)7-10-19-12-5-3-2-4-6-12/h2-6,8-9H,7,10-11H2,1H3,(H,15,16). The molecule has 1 aromatic carbocycles. The number of nitrogens with one attached hydrogen (secondary N) is 1. The maximum absolute atomic E-state index is 11.9. The van der Waals surface area contributed by atoms with Gasteiger partial charge in [-0.3, -0.25) is 4.79 Å². The van der Waals surface area contributed by atoms with Crippen LogP contribution in [0.3, 0.4) is 0 Å². The first-order chi connectivity index (χ1) is 9.25. The van der Waals surface area contributed by atoms with Crippen LogP contribution in [0.25, 0.3) is 0 Å². The van der Waals surface area contributed by atoms with Crippen LogP contribution >= 0.6 is 0 Å². The van der Waals surface area contributed by atoms with E-state index < -0.39 is 0 Å². The first kappa shape index (κ1) is 13.1. The number of hydrogen-bond acceptors (Lipinski definition) is 3. The molecule has 0 spiro atoms. The fraction of sp³-hybridized carbons (Fsp3) is 0.286. The molecule has 5 heteroatoms. The third-order valence-electron chi connectivity index (χ3n) is 2.70. The molecule has 5 nitrogen and oxygen atoms in total. The summed E-state index contributed by atoms with van der Waals surface area (Å²) in [6.07, 6.45) is 3.77. The lowest BCUT2D eigenvalue weighted by atomic mass is 10.3. The quantitative estimate of drug-likeness (QED) is 0.861. The Hall–Kier alpha value is -2.30. The molecule has 0 aliphatic rings. The molecular weight excluding hydrogens is 242 g/mol. The van der Waals surface area contributed by atoms with Crippen molar-refractivity contribution in [3.05, 3.63) is 48.5 Å². The maximum atomic E-state index is 11.9. The van der Waals surface area contributed by atoms with Gasteiger partial charge in [-0.05, 0) is 12.1 Å². The van der Waals surface area contributed by atoms with E-state index in [-0.39, 0.29) is 5.91 Å². The van der Waals surface area contributed by atoms with E-state index >= 15 is 0 Å². The second kappa shape index (κ2) is 6.58. The van der Waals surface area contributed by atoms with E-state index in [1.165, 1.54) is 0 Å². The molecule has 2 rings (SSSR count). The zero-order chi connectivity index (χ0) is 13.5. The predicted molar refractivity (Wildman–Crippen MR) is 71.6 cm³/mol. The van der Waals surface area contributed by atoms with Crippen LogP contribution in [0.1, 0.15) is 12.2 Å². The van der Waals surface area contributed by atoms with Crippen molar-refractivity contribution in [2.24, 2.45) is 0 Å². The summed E-state index contributed by atoms with van der Waals surface area (Å²) >= 11 is 0. The Morgan fingerprint density at radius 3 is 2.84 bits per heavy atom. The highest BCUT2D eigenvalue weighted by Gasteiger charge is 2.10. The number of H-pyrrole nitrogens is 1. The lowest BCUT2D eigenvalue weighted by Crippen LogP contribution is -2.27. The van der Waals surface area contributed by atoms with Crippen LogP contribution < -0.4 is 4.74 Å². The minimum absolute atomic E-state index is 0.0346. The number of aromatic amines is 1. The van der Waals surface area contributed by atoms with E-state index in [0.717, 1.165) is 11.6 Å². The second-order valence-corrected chi connectivity index (χ2v) is 4.20. The number of para-hydroxylation sites is 1. The number of amides is 1. The number of carbonyl (C=O) groups excluding carboxylic acids is 1. The number of ether oxygens (including phenoxy) is 1. The average Bonchev–Trinajstić information content (AvgIpc) is 2.92. The Morgan fingerprint density at radius 1 is 1.37 bits per heavy atom. The molecule has 1 amide bonds. The van der Waals surface area contributed by atoms with E-state index in [1.54, 1.807) is 24.3 Å². The third-order valence-corrected chi connectivity index (χ3v) is 2.70. The number of rotatable bonds is 6. The molecule has 1 N–H and O–H groups in total. The number of imidazole rings is 1. The minimum Gasteiger partial charge on any atom is -0.493 e. The van der Waals surface area contributed by atoms with E-state index in [2.05, 4.69) is 9.97 Å². The van der Waals surface area contributed by atoms with Crippen LogP contribution in [-0.4, -0.2) is 34.4 Å². The van der Waals surface area contributed by atoms with Crippen LogP contribution in [0.4, 0.5) is 0 Å². The summed E-state index contributed by atoms with van der Waals surface area (Å²) in [6.45, 7) is 0.864. The van der Waals surface area contributed by atoms with E-state index in [4.69, 9.17) is 4.74 Å². The number of benzene rings is 1. The fourth-order valence-electron chi connectivity index (χ4n) is 1.66. The molecule has 2 aromatic rings. The lowest BCUT2D eigenvalue weighted by molar-refractivity contribution is -0.131. The molecule has 0 bridgehead atoms. The Morgan fingerprint density at radius 2 is 2.16 bits per heavy atom. The van der Waals surface area contributed by atoms with E-state index in [0.29, 0.717) is 19.6 Å². The molecule has 1 aromatic heterocycles. The van der Waals surface area contributed by atoms with Gasteiger partial charge in [0.2, 0.25) is 5.91 Å². The van der Waals surface area contributed by atoms with Crippen LogP contribution in [0.15, 0.2) is 42.7 Å². The number of aromatic nitrogens is 2.